The molecule has 0 bridgehead atoms. The third kappa shape index (κ3) is 5.17. The van der Waals surface area contributed by atoms with Gasteiger partial charge in [0.05, 0.1) is 6.10 Å². The van der Waals surface area contributed by atoms with Gasteiger partial charge in [0.15, 0.2) is 0 Å². The second kappa shape index (κ2) is 8.32. The largest absolute Gasteiger partial charge is 0.392 e. The van der Waals surface area contributed by atoms with Crippen LogP contribution in [0.15, 0.2) is 35.2 Å². The van der Waals surface area contributed by atoms with Crippen molar-refractivity contribution in [2.45, 2.75) is 43.1 Å². The van der Waals surface area contributed by atoms with Crippen molar-refractivity contribution in [1.82, 2.24) is 4.90 Å². The molecule has 110 valence electrons. The highest BCUT2D eigenvalue weighted by Crippen LogP contribution is 2.19. The van der Waals surface area contributed by atoms with E-state index in [9.17, 15) is 9.90 Å². The number of rotatable bonds is 6. The molecule has 0 aromatic heterocycles. The maximum atomic E-state index is 12.0. The molecule has 0 spiro atoms. The lowest BCUT2D eigenvalue weighted by atomic mass is 10.1. The molecule has 2 rings (SSSR count). The molecule has 1 aromatic rings. The minimum atomic E-state index is -0.408. The lowest BCUT2D eigenvalue weighted by Gasteiger charge is -2.27. The highest BCUT2D eigenvalue weighted by atomic mass is 32.2. The number of aliphatic hydroxyl groups excluding tert-OH is 1. The highest BCUT2D eigenvalue weighted by molar-refractivity contribution is 7.99. The smallest absolute Gasteiger partial charge is 0.222 e. The maximum absolute atomic E-state index is 12.0. The van der Waals surface area contributed by atoms with E-state index in [0.717, 1.165) is 30.8 Å². The molecule has 0 radical (unpaired) electrons. The Morgan fingerprint density at radius 2 is 1.90 bits per heavy atom. The Morgan fingerprint density at radius 1 is 1.20 bits per heavy atom. The second-order valence-electron chi connectivity index (χ2n) is 5.26. The maximum Gasteiger partial charge on any atom is 0.222 e. The average Bonchev–Trinajstić information content (AvgIpc) is 2.52. The van der Waals surface area contributed by atoms with Gasteiger partial charge >= 0.3 is 0 Å². The number of benzene rings is 1. The molecule has 1 aromatic carbocycles. The van der Waals surface area contributed by atoms with E-state index in [1.807, 2.05) is 35.2 Å². The van der Waals surface area contributed by atoms with Gasteiger partial charge in [0, 0.05) is 30.2 Å². The number of thioether (sulfide) groups is 1. The number of hydrogen-bond donors (Lipinski definition) is 1. The summed E-state index contributed by atoms with van der Waals surface area (Å²) in [4.78, 5) is 15.1. The Kier molecular flexibility index (Phi) is 6.40. The summed E-state index contributed by atoms with van der Waals surface area (Å²) >= 11 is 1.64. The number of aliphatic hydroxyl groups is 1. The Labute approximate surface area is 125 Å². The molecule has 1 amide bonds. The predicted molar refractivity (Wildman–Crippen MR) is 82.8 cm³/mol. The van der Waals surface area contributed by atoms with Crippen LogP contribution in [0.3, 0.4) is 0 Å². The molecule has 1 atom stereocenters. The molecule has 1 fully saturated rings. The summed E-state index contributed by atoms with van der Waals surface area (Å²) in [7, 11) is 0. The van der Waals surface area contributed by atoms with Crippen LogP contribution in [-0.2, 0) is 4.79 Å². The lowest BCUT2D eigenvalue weighted by Crippen LogP contribution is -2.36. The standard InChI is InChI=1S/C16H23NO2S/c18-14(13-20-15-7-3-1-4-8-15)9-10-16(19)17-11-5-2-6-12-17/h1,3-4,7-8,14,18H,2,5-6,9-13H2. The van der Waals surface area contributed by atoms with Crippen molar-refractivity contribution in [3.05, 3.63) is 30.3 Å². The van der Waals surface area contributed by atoms with Gasteiger partial charge in [0.25, 0.3) is 0 Å². The summed E-state index contributed by atoms with van der Waals surface area (Å²) < 4.78 is 0. The molecule has 1 heterocycles. The SMILES string of the molecule is O=C(CCC(O)CSc1ccccc1)N1CCCCC1. The van der Waals surface area contributed by atoms with Gasteiger partial charge in [-0.25, -0.2) is 0 Å². The van der Waals surface area contributed by atoms with Crippen LogP contribution in [0.25, 0.3) is 0 Å². The van der Waals surface area contributed by atoms with Crippen LogP contribution in [0.1, 0.15) is 32.1 Å². The van der Waals surface area contributed by atoms with Crippen LogP contribution in [-0.4, -0.2) is 40.9 Å². The first-order valence-corrected chi connectivity index (χ1v) is 8.38. The van der Waals surface area contributed by atoms with Crippen molar-refractivity contribution < 1.29 is 9.90 Å². The van der Waals surface area contributed by atoms with Crippen LogP contribution in [0.4, 0.5) is 0 Å². The Hall–Kier alpha value is -1.00. The van der Waals surface area contributed by atoms with E-state index in [0.29, 0.717) is 18.6 Å². The van der Waals surface area contributed by atoms with Gasteiger partial charge in [-0.3, -0.25) is 4.79 Å². The third-order valence-corrected chi connectivity index (χ3v) is 4.74. The number of likely N-dealkylation sites (tertiary alicyclic amines) is 1. The fraction of sp³-hybridized carbons (Fsp3) is 0.562. The van der Waals surface area contributed by atoms with Crippen molar-refractivity contribution >= 4 is 17.7 Å². The number of amides is 1. The van der Waals surface area contributed by atoms with Crippen molar-refractivity contribution in [3.8, 4) is 0 Å². The second-order valence-corrected chi connectivity index (χ2v) is 6.35. The zero-order chi connectivity index (χ0) is 14.2. The summed E-state index contributed by atoms with van der Waals surface area (Å²) in [6.07, 6.45) is 4.11. The van der Waals surface area contributed by atoms with Crippen molar-refractivity contribution in [2.24, 2.45) is 0 Å². The van der Waals surface area contributed by atoms with Crippen molar-refractivity contribution in [1.29, 1.82) is 0 Å². The summed E-state index contributed by atoms with van der Waals surface area (Å²) in [5.74, 6) is 0.852. The van der Waals surface area contributed by atoms with Crippen LogP contribution in [0, 0.1) is 0 Å². The number of hydrogen-bond acceptors (Lipinski definition) is 3. The van der Waals surface area contributed by atoms with E-state index in [1.54, 1.807) is 11.8 Å². The van der Waals surface area contributed by atoms with Gasteiger partial charge in [-0.15, -0.1) is 11.8 Å². The van der Waals surface area contributed by atoms with Crippen molar-refractivity contribution in [3.63, 3.8) is 0 Å². The van der Waals surface area contributed by atoms with E-state index < -0.39 is 6.10 Å². The fourth-order valence-electron chi connectivity index (χ4n) is 2.38. The Balaban J connectivity index is 1.64. The zero-order valence-electron chi connectivity index (χ0n) is 11.8. The van der Waals surface area contributed by atoms with Gasteiger partial charge in [-0.2, -0.15) is 0 Å². The number of nitrogens with zero attached hydrogens (tertiary/aromatic N) is 1. The van der Waals surface area contributed by atoms with E-state index in [4.69, 9.17) is 0 Å². The van der Waals surface area contributed by atoms with Crippen LogP contribution in [0.5, 0.6) is 0 Å². The third-order valence-electron chi connectivity index (χ3n) is 3.59. The molecule has 0 saturated carbocycles. The summed E-state index contributed by atoms with van der Waals surface area (Å²) in [6.45, 7) is 1.79. The normalized spacial score (nSPS) is 16.9. The zero-order valence-corrected chi connectivity index (χ0v) is 12.6. The number of carbonyl (C=O) groups excluding carboxylic acids is 1. The Morgan fingerprint density at radius 3 is 2.60 bits per heavy atom. The van der Waals surface area contributed by atoms with Crippen LogP contribution >= 0.6 is 11.8 Å². The first-order chi connectivity index (χ1) is 9.75. The quantitative estimate of drug-likeness (QED) is 0.820. The van der Waals surface area contributed by atoms with E-state index in [2.05, 4.69) is 0 Å². The Bertz CT molecular complexity index is 404. The fourth-order valence-corrected chi connectivity index (χ4v) is 3.29. The molecule has 1 N–H and O–H groups in total. The van der Waals surface area contributed by atoms with E-state index in [-0.39, 0.29) is 5.91 Å². The van der Waals surface area contributed by atoms with Crippen LogP contribution < -0.4 is 0 Å². The molecule has 1 saturated heterocycles. The van der Waals surface area contributed by atoms with E-state index in [1.165, 1.54) is 6.42 Å². The minimum Gasteiger partial charge on any atom is -0.392 e. The molecule has 3 nitrogen and oxygen atoms in total. The average molecular weight is 293 g/mol. The predicted octanol–water partition coefficient (Wildman–Crippen LogP) is 2.93. The van der Waals surface area contributed by atoms with E-state index >= 15 is 0 Å². The number of piperidine rings is 1. The molecular formula is C16H23NO2S. The summed E-state index contributed by atoms with van der Waals surface area (Å²) in [5, 5.41) is 9.97. The molecule has 4 heteroatoms. The van der Waals surface area contributed by atoms with Gasteiger partial charge < -0.3 is 10.0 Å². The molecule has 20 heavy (non-hydrogen) atoms. The minimum absolute atomic E-state index is 0.202. The monoisotopic (exact) mass is 293 g/mol. The van der Waals surface area contributed by atoms with Gasteiger partial charge in [-0.05, 0) is 37.8 Å². The lowest BCUT2D eigenvalue weighted by molar-refractivity contribution is -0.132. The first kappa shape index (κ1) is 15.4. The molecule has 1 aliphatic heterocycles. The number of carbonyl (C=O) groups is 1. The van der Waals surface area contributed by atoms with Gasteiger partial charge in [0.1, 0.15) is 0 Å². The van der Waals surface area contributed by atoms with Crippen LogP contribution in [0.2, 0.25) is 0 Å². The van der Waals surface area contributed by atoms with Gasteiger partial charge in [-0.1, -0.05) is 18.2 Å². The highest BCUT2D eigenvalue weighted by Gasteiger charge is 2.17. The molecule has 0 aliphatic carbocycles. The molecule has 1 unspecified atom stereocenters. The summed E-state index contributed by atoms with van der Waals surface area (Å²) in [5.41, 5.74) is 0. The molecular weight excluding hydrogens is 270 g/mol. The van der Waals surface area contributed by atoms with Crippen molar-refractivity contribution in [2.75, 3.05) is 18.8 Å². The summed E-state index contributed by atoms with van der Waals surface area (Å²) in [6, 6.07) is 10.0. The topological polar surface area (TPSA) is 40.5 Å². The first-order valence-electron chi connectivity index (χ1n) is 7.39. The molecule has 1 aliphatic rings. The van der Waals surface area contributed by atoms with Gasteiger partial charge in [0.2, 0.25) is 5.91 Å².